The molecule has 1 heterocycles. The maximum atomic E-state index is 13.8. The molecule has 1 aromatic heterocycles. The van der Waals surface area contributed by atoms with Gasteiger partial charge < -0.3 is 20.7 Å². The highest BCUT2D eigenvalue weighted by Gasteiger charge is 2.24. The van der Waals surface area contributed by atoms with Crippen LogP contribution in [0.1, 0.15) is 37.9 Å². The number of hydrogen-bond donors (Lipinski definition) is 3. The number of thiazole rings is 1. The van der Waals surface area contributed by atoms with Gasteiger partial charge in [-0.05, 0) is 78.2 Å². The molecular formula is C47H38N4O4S2. The first kappa shape index (κ1) is 38.5. The minimum atomic E-state index is -0.573. The molecule has 0 saturated heterocycles. The van der Waals surface area contributed by atoms with E-state index >= 15 is 0 Å². The van der Waals surface area contributed by atoms with Crippen LogP contribution in [-0.4, -0.2) is 22.7 Å². The first-order chi connectivity index (χ1) is 27.9. The number of benzene rings is 6. The number of nitrogens with one attached hydrogen (secondary N) is 3. The van der Waals surface area contributed by atoms with Crippen molar-refractivity contribution in [2.75, 3.05) is 10.6 Å². The van der Waals surface area contributed by atoms with Crippen molar-refractivity contribution in [3.8, 4) is 17.0 Å². The fourth-order valence-electron chi connectivity index (χ4n) is 5.72. The Kier molecular flexibility index (Phi) is 12.7. The van der Waals surface area contributed by atoms with Crippen LogP contribution in [-0.2, 0) is 16.2 Å². The standard InChI is InChI=1S/C47H38N4O4S2/c1-32-17-21-35(22-18-32)42-31-56-47(50-42)51-46(54)43(36-13-7-3-8-14-36)57-40-27-23-38(24-28-40)48-45(53)41(49-44(52)37-15-9-4-10-16-37)29-33-19-25-39(26-20-33)55-30-34-11-5-2-6-12-34/h2-29,31,43H,30H2,1H3,(H,48,53)(H,49,52)(H,50,51,54)/b41-29-. The zero-order valence-electron chi connectivity index (χ0n) is 30.9. The molecule has 7 rings (SSSR count). The molecule has 6 aromatic carbocycles. The van der Waals surface area contributed by atoms with Gasteiger partial charge in [-0.1, -0.05) is 121 Å². The smallest absolute Gasteiger partial charge is 0.272 e. The van der Waals surface area contributed by atoms with Crippen molar-refractivity contribution in [2.24, 2.45) is 0 Å². The maximum Gasteiger partial charge on any atom is 0.272 e. The molecule has 3 amide bonds. The number of ether oxygens (including phenoxy) is 1. The number of amides is 3. The summed E-state index contributed by atoms with van der Waals surface area (Å²) in [7, 11) is 0. The third-order valence-electron chi connectivity index (χ3n) is 8.76. The lowest BCUT2D eigenvalue weighted by atomic mass is 10.1. The number of nitrogens with zero attached hydrogens (tertiary/aromatic N) is 1. The van der Waals surface area contributed by atoms with E-state index in [2.05, 4.69) is 20.9 Å². The van der Waals surface area contributed by atoms with Crippen LogP contribution in [0, 0.1) is 6.92 Å². The van der Waals surface area contributed by atoms with Gasteiger partial charge in [0.1, 0.15) is 23.3 Å². The van der Waals surface area contributed by atoms with Gasteiger partial charge in [-0.3, -0.25) is 14.4 Å². The zero-order valence-corrected chi connectivity index (χ0v) is 32.6. The Labute approximate surface area is 339 Å². The Bertz CT molecular complexity index is 2450. The number of carbonyl (C=O) groups is 3. The fourth-order valence-corrected chi connectivity index (χ4v) is 7.47. The average Bonchev–Trinajstić information content (AvgIpc) is 3.72. The first-order valence-electron chi connectivity index (χ1n) is 18.2. The van der Waals surface area contributed by atoms with Gasteiger partial charge in [-0.25, -0.2) is 4.98 Å². The molecule has 0 saturated carbocycles. The Morgan fingerprint density at radius 1 is 0.737 bits per heavy atom. The van der Waals surface area contributed by atoms with Crippen molar-refractivity contribution in [1.82, 2.24) is 10.3 Å². The number of aromatic nitrogens is 1. The van der Waals surface area contributed by atoms with Gasteiger partial charge in [-0.15, -0.1) is 23.1 Å². The molecule has 0 spiro atoms. The van der Waals surface area contributed by atoms with E-state index in [0.717, 1.165) is 32.8 Å². The molecule has 0 radical (unpaired) electrons. The highest BCUT2D eigenvalue weighted by Crippen LogP contribution is 2.37. The topological polar surface area (TPSA) is 109 Å². The number of aryl methyl sites for hydroxylation is 1. The minimum absolute atomic E-state index is 0.0637. The van der Waals surface area contributed by atoms with Crippen LogP contribution in [0.3, 0.4) is 0 Å². The molecule has 57 heavy (non-hydrogen) atoms. The highest BCUT2D eigenvalue weighted by atomic mass is 32.2. The fraction of sp³-hybridized carbons (Fsp3) is 0.0638. The van der Waals surface area contributed by atoms with Gasteiger partial charge in [0.05, 0.1) is 5.69 Å². The lowest BCUT2D eigenvalue weighted by Crippen LogP contribution is -2.30. The molecule has 1 unspecified atom stereocenters. The van der Waals surface area contributed by atoms with Crippen LogP contribution in [0.4, 0.5) is 10.8 Å². The number of hydrogen-bond acceptors (Lipinski definition) is 7. The summed E-state index contributed by atoms with van der Waals surface area (Å²) in [5.74, 6) is -0.441. The SMILES string of the molecule is Cc1ccc(-c2csc(NC(=O)C(Sc3ccc(NC(=O)/C(=C/c4ccc(OCc5ccccc5)cc4)NC(=O)c4ccccc4)cc3)c3ccccc3)n2)cc1. The Balaban J connectivity index is 1.04. The molecule has 10 heteroatoms. The monoisotopic (exact) mass is 786 g/mol. The molecular weight excluding hydrogens is 749 g/mol. The summed E-state index contributed by atoms with van der Waals surface area (Å²) in [6.45, 7) is 2.46. The number of anilines is 2. The first-order valence-corrected chi connectivity index (χ1v) is 19.9. The molecule has 282 valence electrons. The van der Waals surface area contributed by atoms with Crippen molar-refractivity contribution < 1.29 is 19.1 Å². The van der Waals surface area contributed by atoms with Gasteiger partial charge in [-0.2, -0.15) is 0 Å². The molecule has 0 fully saturated rings. The molecule has 0 aliphatic rings. The van der Waals surface area contributed by atoms with Crippen molar-refractivity contribution in [1.29, 1.82) is 0 Å². The largest absolute Gasteiger partial charge is 0.489 e. The maximum absolute atomic E-state index is 13.8. The van der Waals surface area contributed by atoms with Crippen LogP contribution in [0.5, 0.6) is 5.75 Å². The Morgan fingerprint density at radius 3 is 2.07 bits per heavy atom. The number of carbonyl (C=O) groups excluding carboxylic acids is 3. The van der Waals surface area contributed by atoms with Crippen molar-refractivity contribution in [3.63, 3.8) is 0 Å². The van der Waals surface area contributed by atoms with Gasteiger partial charge in [0.2, 0.25) is 5.91 Å². The van der Waals surface area contributed by atoms with Gasteiger partial charge >= 0.3 is 0 Å². The van der Waals surface area contributed by atoms with Crippen molar-refractivity contribution >= 4 is 57.7 Å². The Hall–Kier alpha value is -6.75. The van der Waals surface area contributed by atoms with E-state index in [1.165, 1.54) is 23.1 Å². The number of rotatable bonds is 14. The predicted molar refractivity (Wildman–Crippen MR) is 230 cm³/mol. The van der Waals surface area contributed by atoms with Crippen LogP contribution in [0.15, 0.2) is 180 Å². The summed E-state index contributed by atoms with van der Waals surface area (Å²) in [4.78, 5) is 46.2. The van der Waals surface area contributed by atoms with E-state index < -0.39 is 17.1 Å². The normalized spacial score (nSPS) is 11.6. The van der Waals surface area contributed by atoms with Crippen LogP contribution >= 0.6 is 23.1 Å². The summed E-state index contributed by atoms with van der Waals surface area (Å²) in [5, 5.41) is 10.6. The summed E-state index contributed by atoms with van der Waals surface area (Å²) < 4.78 is 5.92. The van der Waals surface area contributed by atoms with Gasteiger partial charge in [0.25, 0.3) is 11.8 Å². The predicted octanol–water partition coefficient (Wildman–Crippen LogP) is 10.6. The van der Waals surface area contributed by atoms with E-state index in [0.29, 0.717) is 34.3 Å². The third kappa shape index (κ3) is 10.7. The summed E-state index contributed by atoms with van der Waals surface area (Å²) >= 11 is 2.77. The van der Waals surface area contributed by atoms with Gasteiger partial charge in [0.15, 0.2) is 5.13 Å². The Morgan fingerprint density at radius 2 is 1.39 bits per heavy atom. The molecule has 1 atom stereocenters. The van der Waals surface area contributed by atoms with E-state index in [-0.39, 0.29) is 11.6 Å². The molecule has 0 aliphatic heterocycles. The second-order valence-electron chi connectivity index (χ2n) is 13.0. The summed E-state index contributed by atoms with van der Waals surface area (Å²) in [6, 6.07) is 50.8. The van der Waals surface area contributed by atoms with Gasteiger partial charge in [0, 0.05) is 27.1 Å². The lowest BCUT2D eigenvalue weighted by Gasteiger charge is -2.17. The molecule has 7 aromatic rings. The highest BCUT2D eigenvalue weighted by molar-refractivity contribution is 8.00. The minimum Gasteiger partial charge on any atom is -0.489 e. The van der Waals surface area contributed by atoms with E-state index in [9.17, 15) is 14.4 Å². The zero-order chi connectivity index (χ0) is 39.4. The van der Waals surface area contributed by atoms with E-state index in [1.54, 1.807) is 42.5 Å². The molecule has 3 N–H and O–H groups in total. The quantitative estimate of drug-likeness (QED) is 0.0748. The molecule has 0 bridgehead atoms. The second kappa shape index (κ2) is 18.7. The van der Waals surface area contributed by atoms with Crippen LogP contribution in [0.2, 0.25) is 0 Å². The average molecular weight is 787 g/mol. The molecule has 0 aliphatic carbocycles. The third-order valence-corrected chi connectivity index (χ3v) is 10.8. The van der Waals surface area contributed by atoms with Crippen molar-refractivity contribution in [2.45, 2.75) is 23.7 Å². The van der Waals surface area contributed by atoms with Crippen molar-refractivity contribution in [3.05, 3.63) is 203 Å². The molecule has 8 nitrogen and oxygen atoms in total. The lowest BCUT2D eigenvalue weighted by molar-refractivity contribution is -0.116. The van der Waals surface area contributed by atoms with Crippen LogP contribution < -0.4 is 20.7 Å². The summed E-state index contributed by atoms with van der Waals surface area (Å²) in [6.07, 6.45) is 1.62. The second-order valence-corrected chi connectivity index (χ2v) is 15.0. The van der Waals surface area contributed by atoms with E-state index in [4.69, 9.17) is 4.74 Å². The van der Waals surface area contributed by atoms with E-state index in [1.807, 2.05) is 140 Å². The van der Waals surface area contributed by atoms with Crippen LogP contribution in [0.25, 0.3) is 17.3 Å². The summed E-state index contributed by atoms with van der Waals surface area (Å²) in [5.41, 5.74) is 6.54. The number of thioether (sulfide) groups is 1.